The molecule has 110 valence electrons. The van der Waals surface area contributed by atoms with Crippen LogP contribution in [0.5, 0.6) is 0 Å². The normalized spacial score (nSPS) is 22.6. The van der Waals surface area contributed by atoms with Gasteiger partial charge in [-0.15, -0.1) is 0 Å². The lowest BCUT2D eigenvalue weighted by atomic mass is 9.80. The number of nitrogen functional groups attached to an aromatic ring is 1. The predicted octanol–water partition coefficient (Wildman–Crippen LogP) is 4.13. The summed E-state index contributed by atoms with van der Waals surface area (Å²) in [5.74, 6) is 1.09. The number of rotatable bonds is 3. The number of carbonyl (C=O) groups excluding carboxylic acids is 1. The molecule has 2 unspecified atom stereocenters. The molecule has 1 aromatic carbocycles. The number of halogens is 2. The van der Waals surface area contributed by atoms with Gasteiger partial charge in [0, 0.05) is 12.1 Å². The Labute approximate surface area is 129 Å². The highest BCUT2D eigenvalue weighted by atomic mass is 35.5. The molecule has 1 fully saturated rings. The van der Waals surface area contributed by atoms with Crippen LogP contribution in [0.25, 0.3) is 0 Å². The number of hydrogen-bond donors (Lipinski definition) is 2. The molecule has 1 aliphatic rings. The molecular formula is C15H20Cl2N2O. The zero-order valence-corrected chi connectivity index (χ0v) is 13.1. The molecule has 0 heterocycles. The highest BCUT2D eigenvalue weighted by Crippen LogP contribution is 2.30. The predicted molar refractivity (Wildman–Crippen MR) is 84.3 cm³/mol. The van der Waals surface area contributed by atoms with E-state index in [2.05, 4.69) is 12.2 Å². The molecule has 0 aromatic heterocycles. The van der Waals surface area contributed by atoms with Gasteiger partial charge in [0.05, 0.1) is 15.7 Å². The molecule has 2 atom stereocenters. The summed E-state index contributed by atoms with van der Waals surface area (Å²) in [6.45, 7) is 2.97. The van der Waals surface area contributed by atoms with E-state index in [0.717, 1.165) is 0 Å². The first-order valence-corrected chi connectivity index (χ1v) is 7.77. The van der Waals surface area contributed by atoms with Gasteiger partial charge in [-0.3, -0.25) is 4.79 Å². The molecular weight excluding hydrogens is 295 g/mol. The van der Waals surface area contributed by atoms with E-state index in [4.69, 9.17) is 28.9 Å². The maximum absolute atomic E-state index is 12.1. The number of nitrogens with one attached hydrogen (secondary N) is 1. The van der Waals surface area contributed by atoms with Crippen LogP contribution in [0.3, 0.4) is 0 Å². The summed E-state index contributed by atoms with van der Waals surface area (Å²) in [7, 11) is 0. The third kappa shape index (κ3) is 3.58. The van der Waals surface area contributed by atoms with E-state index in [1.54, 1.807) is 12.1 Å². The minimum atomic E-state index is -0.145. The van der Waals surface area contributed by atoms with Gasteiger partial charge >= 0.3 is 0 Å². The molecule has 1 aliphatic carbocycles. The quantitative estimate of drug-likeness (QED) is 0.824. The summed E-state index contributed by atoms with van der Waals surface area (Å²) in [4.78, 5) is 12.1. The molecule has 1 amide bonds. The van der Waals surface area contributed by atoms with E-state index in [1.165, 1.54) is 25.7 Å². The molecule has 0 spiro atoms. The number of carbonyl (C=O) groups is 1. The van der Waals surface area contributed by atoms with Gasteiger partial charge in [0.1, 0.15) is 0 Å². The monoisotopic (exact) mass is 314 g/mol. The Hall–Kier alpha value is -0.930. The Morgan fingerprint density at radius 1 is 1.35 bits per heavy atom. The fraction of sp³-hybridized carbons (Fsp3) is 0.533. The van der Waals surface area contributed by atoms with Crippen LogP contribution in [-0.4, -0.2) is 12.5 Å². The summed E-state index contributed by atoms with van der Waals surface area (Å²) in [5.41, 5.74) is 6.51. The first-order valence-electron chi connectivity index (χ1n) is 7.01. The summed E-state index contributed by atoms with van der Waals surface area (Å²) in [5, 5.41) is 3.58. The first-order chi connectivity index (χ1) is 9.49. The van der Waals surface area contributed by atoms with Gasteiger partial charge in [0.2, 0.25) is 0 Å². The largest absolute Gasteiger partial charge is 0.397 e. The minimum absolute atomic E-state index is 0.145. The number of benzene rings is 1. The fourth-order valence-electron chi connectivity index (χ4n) is 2.76. The zero-order valence-electron chi connectivity index (χ0n) is 11.6. The Morgan fingerprint density at radius 2 is 2.05 bits per heavy atom. The van der Waals surface area contributed by atoms with Crippen molar-refractivity contribution in [1.29, 1.82) is 0 Å². The highest BCUT2D eigenvalue weighted by molar-refractivity contribution is 6.43. The van der Waals surface area contributed by atoms with Crippen molar-refractivity contribution in [2.45, 2.75) is 32.6 Å². The van der Waals surface area contributed by atoms with Gasteiger partial charge in [0.15, 0.2) is 0 Å². The van der Waals surface area contributed by atoms with Crippen molar-refractivity contribution in [3.63, 3.8) is 0 Å². The van der Waals surface area contributed by atoms with Crippen molar-refractivity contribution in [1.82, 2.24) is 5.32 Å². The van der Waals surface area contributed by atoms with E-state index >= 15 is 0 Å². The Bertz CT molecular complexity index is 482. The summed E-state index contributed by atoms with van der Waals surface area (Å²) in [6, 6.07) is 3.12. The van der Waals surface area contributed by atoms with Crippen LogP contribution in [0.4, 0.5) is 5.69 Å². The molecule has 3 nitrogen and oxygen atoms in total. The van der Waals surface area contributed by atoms with Crippen molar-refractivity contribution < 1.29 is 4.79 Å². The van der Waals surface area contributed by atoms with Crippen LogP contribution < -0.4 is 11.1 Å². The van der Waals surface area contributed by atoms with E-state index in [1.807, 2.05) is 0 Å². The topological polar surface area (TPSA) is 55.1 Å². The SMILES string of the molecule is CC1CCCCC1CNC(=O)c1cc(N)c(Cl)c(Cl)c1. The van der Waals surface area contributed by atoms with Crippen LogP contribution in [-0.2, 0) is 0 Å². The maximum Gasteiger partial charge on any atom is 0.251 e. The van der Waals surface area contributed by atoms with Crippen molar-refractivity contribution in [3.05, 3.63) is 27.7 Å². The number of hydrogen-bond acceptors (Lipinski definition) is 2. The fourth-order valence-corrected chi connectivity index (χ4v) is 3.10. The third-order valence-corrected chi connectivity index (χ3v) is 4.95. The number of nitrogens with two attached hydrogens (primary N) is 1. The summed E-state index contributed by atoms with van der Waals surface area (Å²) < 4.78 is 0. The molecule has 0 saturated heterocycles. The molecule has 0 aliphatic heterocycles. The molecule has 0 bridgehead atoms. The van der Waals surface area contributed by atoms with Crippen LogP contribution >= 0.6 is 23.2 Å². The van der Waals surface area contributed by atoms with Crippen LogP contribution in [0, 0.1) is 11.8 Å². The van der Waals surface area contributed by atoms with Gasteiger partial charge in [-0.2, -0.15) is 0 Å². The highest BCUT2D eigenvalue weighted by Gasteiger charge is 2.22. The molecule has 1 saturated carbocycles. The minimum Gasteiger partial charge on any atom is -0.397 e. The van der Waals surface area contributed by atoms with Crippen LogP contribution in [0.2, 0.25) is 10.0 Å². The van der Waals surface area contributed by atoms with Gasteiger partial charge in [0.25, 0.3) is 5.91 Å². The second-order valence-electron chi connectivity index (χ2n) is 5.59. The average Bonchev–Trinajstić information content (AvgIpc) is 2.43. The van der Waals surface area contributed by atoms with Gasteiger partial charge in [-0.25, -0.2) is 0 Å². The lowest BCUT2D eigenvalue weighted by Crippen LogP contribution is -2.33. The van der Waals surface area contributed by atoms with E-state index in [-0.39, 0.29) is 5.91 Å². The maximum atomic E-state index is 12.1. The lowest BCUT2D eigenvalue weighted by molar-refractivity contribution is 0.0936. The lowest BCUT2D eigenvalue weighted by Gasteiger charge is -2.28. The van der Waals surface area contributed by atoms with E-state index in [9.17, 15) is 4.79 Å². The second-order valence-corrected chi connectivity index (χ2v) is 6.38. The molecule has 1 aromatic rings. The summed E-state index contributed by atoms with van der Waals surface area (Å²) >= 11 is 11.8. The van der Waals surface area contributed by atoms with Crippen molar-refractivity contribution in [2.75, 3.05) is 12.3 Å². The summed E-state index contributed by atoms with van der Waals surface area (Å²) in [6.07, 6.45) is 4.99. The van der Waals surface area contributed by atoms with Gasteiger partial charge in [-0.1, -0.05) is 49.4 Å². The second kappa shape index (κ2) is 6.68. The average molecular weight is 315 g/mol. The first kappa shape index (κ1) is 15.5. The molecule has 5 heteroatoms. The van der Waals surface area contributed by atoms with Crippen molar-refractivity contribution in [3.8, 4) is 0 Å². The molecule has 3 N–H and O–H groups in total. The van der Waals surface area contributed by atoms with Gasteiger partial charge in [-0.05, 0) is 30.4 Å². The van der Waals surface area contributed by atoms with Crippen LogP contribution in [0.15, 0.2) is 12.1 Å². The molecule has 20 heavy (non-hydrogen) atoms. The Kier molecular flexibility index (Phi) is 5.17. The van der Waals surface area contributed by atoms with Crippen molar-refractivity contribution in [2.24, 2.45) is 11.8 Å². The molecule has 0 radical (unpaired) electrons. The smallest absolute Gasteiger partial charge is 0.251 e. The third-order valence-electron chi connectivity index (χ3n) is 4.13. The van der Waals surface area contributed by atoms with E-state index < -0.39 is 0 Å². The molecule has 2 rings (SSSR count). The number of anilines is 1. The van der Waals surface area contributed by atoms with Crippen molar-refractivity contribution >= 4 is 34.8 Å². The number of amides is 1. The standard InChI is InChI=1S/C15H20Cl2N2O/c1-9-4-2-3-5-10(9)8-19-15(20)11-6-12(16)14(17)13(18)7-11/h6-7,9-10H,2-5,8,18H2,1H3,(H,19,20). The Morgan fingerprint density at radius 3 is 2.70 bits per heavy atom. The van der Waals surface area contributed by atoms with E-state index in [0.29, 0.717) is 39.7 Å². The zero-order chi connectivity index (χ0) is 14.7. The van der Waals surface area contributed by atoms with Crippen LogP contribution in [0.1, 0.15) is 43.0 Å². The van der Waals surface area contributed by atoms with Gasteiger partial charge < -0.3 is 11.1 Å². The Balaban J connectivity index is 1.98.